The summed E-state index contributed by atoms with van der Waals surface area (Å²) in [7, 11) is 0. The minimum Gasteiger partial charge on any atom is -0.346 e. The molecule has 0 bridgehead atoms. The van der Waals surface area contributed by atoms with Crippen molar-refractivity contribution in [2.45, 2.75) is 6.54 Å². The summed E-state index contributed by atoms with van der Waals surface area (Å²) in [6.45, 7) is 0.327. The highest BCUT2D eigenvalue weighted by Gasteiger charge is 2.09. The monoisotopic (exact) mass is 312 g/mol. The standard InChI is InChI=1S/C16H13ClN4O/c17-13-6-4-5-12(9-13)16(22)18-10-15-11-19-20-21(15)14-7-2-1-3-8-14/h1-9,11H,10H2,(H,18,22). The van der Waals surface area contributed by atoms with E-state index in [0.717, 1.165) is 11.4 Å². The molecule has 5 nitrogen and oxygen atoms in total. The zero-order chi connectivity index (χ0) is 15.4. The molecule has 0 unspecified atom stereocenters. The Labute approximate surface area is 132 Å². The molecule has 3 rings (SSSR count). The average molecular weight is 313 g/mol. The van der Waals surface area contributed by atoms with E-state index >= 15 is 0 Å². The highest BCUT2D eigenvalue weighted by molar-refractivity contribution is 6.30. The van der Waals surface area contributed by atoms with Crippen LogP contribution in [0.2, 0.25) is 5.02 Å². The first-order chi connectivity index (χ1) is 10.7. The van der Waals surface area contributed by atoms with Gasteiger partial charge in [-0.2, -0.15) is 0 Å². The van der Waals surface area contributed by atoms with Crippen LogP contribution in [0.4, 0.5) is 0 Å². The minimum absolute atomic E-state index is 0.191. The molecular formula is C16H13ClN4O. The fraction of sp³-hybridized carbons (Fsp3) is 0.0625. The predicted molar refractivity (Wildman–Crippen MR) is 84.0 cm³/mol. The number of benzene rings is 2. The van der Waals surface area contributed by atoms with Gasteiger partial charge in [-0.3, -0.25) is 4.79 Å². The molecule has 1 heterocycles. The van der Waals surface area contributed by atoms with Gasteiger partial charge in [-0.15, -0.1) is 5.10 Å². The summed E-state index contributed by atoms with van der Waals surface area (Å²) < 4.78 is 1.69. The summed E-state index contributed by atoms with van der Waals surface area (Å²) in [5.74, 6) is -0.191. The van der Waals surface area contributed by atoms with Crippen LogP contribution in [0.5, 0.6) is 0 Å². The summed E-state index contributed by atoms with van der Waals surface area (Å²) >= 11 is 5.89. The fourth-order valence-electron chi connectivity index (χ4n) is 2.07. The number of amides is 1. The van der Waals surface area contributed by atoms with Crippen molar-refractivity contribution in [3.05, 3.63) is 77.1 Å². The number of nitrogens with one attached hydrogen (secondary N) is 1. The normalized spacial score (nSPS) is 10.4. The second kappa shape index (κ2) is 6.41. The highest BCUT2D eigenvalue weighted by atomic mass is 35.5. The molecule has 0 aliphatic rings. The van der Waals surface area contributed by atoms with Crippen LogP contribution in [0.3, 0.4) is 0 Å². The summed E-state index contributed by atoms with van der Waals surface area (Å²) in [5.41, 5.74) is 2.21. The molecule has 3 aromatic rings. The number of para-hydroxylation sites is 1. The predicted octanol–water partition coefficient (Wildman–Crippen LogP) is 2.85. The topological polar surface area (TPSA) is 59.8 Å². The smallest absolute Gasteiger partial charge is 0.251 e. The second-order valence-electron chi connectivity index (χ2n) is 4.67. The van der Waals surface area contributed by atoms with E-state index in [-0.39, 0.29) is 5.91 Å². The maximum Gasteiger partial charge on any atom is 0.251 e. The third kappa shape index (κ3) is 3.15. The van der Waals surface area contributed by atoms with E-state index < -0.39 is 0 Å². The molecule has 0 saturated carbocycles. The molecule has 6 heteroatoms. The number of nitrogens with zero attached hydrogens (tertiary/aromatic N) is 3. The van der Waals surface area contributed by atoms with E-state index in [1.165, 1.54) is 0 Å². The van der Waals surface area contributed by atoms with Crippen LogP contribution in [0, 0.1) is 0 Å². The summed E-state index contributed by atoms with van der Waals surface area (Å²) in [6, 6.07) is 16.4. The lowest BCUT2D eigenvalue weighted by atomic mass is 10.2. The Hall–Kier alpha value is -2.66. The van der Waals surface area contributed by atoms with E-state index in [9.17, 15) is 4.79 Å². The van der Waals surface area contributed by atoms with Gasteiger partial charge in [0.25, 0.3) is 5.91 Å². The number of hydrogen-bond acceptors (Lipinski definition) is 3. The van der Waals surface area contributed by atoms with Crippen LogP contribution in [0.25, 0.3) is 5.69 Å². The maximum atomic E-state index is 12.1. The van der Waals surface area contributed by atoms with E-state index in [0.29, 0.717) is 17.1 Å². The van der Waals surface area contributed by atoms with Crippen LogP contribution in [0.15, 0.2) is 60.8 Å². The van der Waals surface area contributed by atoms with Crippen molar-refractivity contribution in [3.63, 3.8) is 0 Å². The van der Waals surface area contributed by atoms with Gasteiger partial charge < -0.3 is 5.32 Å². The van der Waals surface area contributed by atoms with Crippen molar-refractivity contribution in [1.29, 1.82) is 0 Å². The molecule has 0 radical (unpaired) electrons. The maximum absolute atomic E-state index is 12.1. The molecule has 0 spiro atoms. The number of halogens is 1. The first-order valence-corrected chi connectivity index (χ1v) is 7.10. The Morgan fingerprint density at radius 3 is 2.73 bits per heavy atom. The summed E-state index contributed by atoms with van der Waals surface area (Å²) in [6.07, 6.45) is 1.63. The van der Waals surface area contributed by atoms with Crippen LogP contribution in [0.1, 0.15) is 16.1 Å². The van der Waals surface area contributed by atoms with Crippen molar-refractivity contribution in [2.75, 3.05) is 0 Å². The molecule has 1 amide bonds. The number of hydrogen-bond donors (Lipinski definition) is 1. The largest absolute Gasteiger partial charge is 0.346 e. The van der Waals surface area contributed by atoms with Gasteiger partial charge >= 0.3 is 0 Å². The molecule has 22 heavy (non-hydrogen) atoms. The first-order valence-electron chi connectivity index (χ1n) is 6.73. The van der Waals surface area contributed by atoms with E-state index in [4.69, 9.17) is 11.6 Å². The number of carbonyl (C=O) groups excluding carboxylic acids is 1. The van der Waals surface area contributed by atoms with E-state index in [1.54, 1.807) is 35.1 Å². The molecule has 0 fully saturated rings. The molecule has 1 aromatic heterocycles. The number of carbonyl (C=O) groups is 1. The first kappa shape index (κ1) is 14.3. The van der Waals surface area contributed by atoms with Crippen LogP contribution >= 0.6 is 11.6 Å². The Morgan fingerprint density at radius 2 is 1.95 bits per heavy atom. The van der Waals surface area contributed by atoms with Crippen molar-refractivity contribution >= 4 is 17.5 Å². The minimum atomic E-state index is -0.191. The van der Waals surface area contributed by atoms with Crippen molar-refractivity contribution in [3.8, 4) is 5.69 Å². The molecule has 2 aromatic carbocycles. The Morgan fingerprint density at radius 1 is 1.14 bits per heavy atom. The van der Waals surface area contributed by atoms with Gasteiger partial charge in [0.15, 0.2) is 0 Å². The van der Waals surface area contributed by atoms with Crippen molar-refractivity contribution in [2.24, 2.45) is 0 Å². The molecule has 110 valence electrons. The van der Waals surface area contributed by atoms with Gasteiger partial charge in [-0.25, -0.2) is 4.68 Å². The molecule has 0 saturated heterocycles. The lowest BCUT2D eigenvalue weighted by molar-refractivity contribution is 0.0950. The lowest BCUT2D eigenvalue weighted by Gasteiger charge is -2.08. The quantitative estimate of drug-likeness (QED) is 0.806. The van der Waals surface area contributed by atoms with Crippen molar-refractivity contribution < 1.29 is 4.79 Å². The Bertz CT molecular complexity index is 786. The van der Waals surface area contributed by atoms with Crippen molar-refractivity contribution in [1.82, 2.24) is 20.3 Å². The van der Waals surface area contributed by atoms with Gasteiger partial charge in [0, 0.05) is 10.6 Å². The van der Waals surface area contributed by atoms with Gasteiger partial charge in [-0.05, 0) is 30.3 Å². The van der Waals surface area contributed by atoms with Gasteiger partial charge in [0.2, 0.25) is 0 Å². The fourth-order valence-corrected chi connectivity index (χ4v) is 2.26. The van der Waals surface area contributed by atoms with Crippen LogP contribution in [-0.2, 0) is 6.54 Å². The lowest BCUT2D eigenvalue weighted by Crippen LogP contribution is -2.24. The molecule has 1 N–H and O–H groups in total. The number of aromatic nitrogens is 3. The van der Waals surface area contributed by atoms with Gasteiger partial charge in [-0.1, -0.05) is 41.1 Å². The zero-order valence-corrected chi connectivity index (χ0v) is 12.4. The third-order valence-electron chi connectivity index (χ3n) is 3.14. The third-order valence-corrected chi connectivity index (χ3v) is 3.37. The molecule has 0 aliphatic heterocycles. The SMILES string of the molecule is O=C(NCc1cnnn1-c1ccccc1)c1cccc(Cl)c1. The summed E-state index contributed by atoms with van der Waals surface area (Å²) in [4.78, 5) is 12.1. The van der Waals surface area contributed by atoms with Crippen LogP contribution < -0.4 is 5.32 Å². The highest BCUT2D eigenvalue weighted by Crippen LogP contribution is 2.11. The van der Waals surface area contributed by atoms with E-state index in [2.05, 4.69) is 15.6 Å². The molecule has 0 atom stereocenters. The second-order valence-corrected chi connectivity index (χ2v) is 5.10. The molecular weight excluding hydrogens is 300 g/mol. The summed E-state index contributed by atoms with van der Waals surface area (Å²) in [5, 5.41) is 11.3. The van der Waals surface area contributed by atoms with Crippen LogP contribution in [-0.4, -0.2) is 20.9 Å². The average Bonchev–Trinajstić information content (AvgIpc) is 3.02. The van der Waals surface area contributed by atoms with E-state index in [1.807, 2.05) is 30.3 Å². The number of rotatable bonds is 4. The Kier molecular flexibility index (Phi) is 4.16. The van der Waals surface area contributed by atoms with Gasteiger partial charge in [0.1, 0.15) is 0 Å². The van der Waals surface area contributed by atoms with Gasteiger partial charge in [0.05, 0.1) is 24.1 Å². The Balaban J connectivity index is 1.73. The zero-order valence-electron chi connectivity index (χ0n) is 11.6. The molecule has 0 aliphatic carbocycles.